The van der Waals surface area contributed by atoms with E-state index in [2.05, 4.69) is 5.10 Å². The van der Waals surface area contributed by atoms with Crippen molar-refractivity contribution in [2.45, 2.75) is 0 Å². The van der Waals surface area contributed by atoms with Crippen molar-refractivity contribution in [2.24, 2.45) is 7.05 Å². The Morgan fingerprint density at radius 1 is 1.17 bits per heavy atom. The first-order chi connectivity index (χ1) is 8.65. The van der Waals surface area contributed by atoms with Crippen molar-refractivity contribution in [3.63, 3.8) is 0 Å². The number of halogens is 2. The Kier molecular flexibility index (Phi) is 2.56. The van der Waals surface area contributed by atoms with E-state index in [9.17, 15) is 4.39 Å². The molecule has 2 aromatic carbocycles. The number of hydrogen-bond donors (Lipinski definition) is 0. The van der Waals surface area contributed by atoms with Gasteiger partial charge in [-0.05, 0) is 30.3 Å². The molecule has 0 fully saturated rings. The van der Waals surface area contributed by atoms with Gasteiger partial charge in [-0.3, -0.25) is 4.68 Å². The zero-order valence-corrected chi connectivity index (χ0v) is 10.4. The molecule has 0 aliphatic carbocycles. The van der Waals surface area contributed by atoms with E-state index in [1.54, 1.807) is 10.7 Å². The SMILES string of the molecule is Cn1nc(-c2cccc(F)c2)c2ccc(Cl)cc21. The minimum absolute atomic E-state index is 0.264. The zero-order chi connectivity index (χ0) is 12.7. The molecule has 4 heteroatoms. The van der Waals surface area contributed by atoms with Gasteiger partial charge in [0.2, 0.25) is 0 Å². The summed E-state index contributed by atoms with van der Waals surface area (Å²) in [5, 5.41) is 6.06. The molecule has 2 nitrogen and oxygen atoms in total. The standard InChI is InChI=1S/C14H10ClFN2/c1-18-13-8-10(15)5-6-12(13)14(17-18)9-3-2-4-11(16)7-9/h2-8H,1H3. The quantitative estimate of drug-likeness (QED) is 0.646. The summed E-state index contributed by atoms with van der Waals surface area (Å²) in [5.74, 6) is -0.264. The fraction of sp³-hybridized carbons (Fsp3) is 0.0714. The first-order valence-electron chi connectivity index (χ1n) is 5.53. The van der Waals surface area contributed by atoms with Gasteiger partial charge in [0, 0.05) is 23.0 Å². The number of fused-ring (bicyclic) bond motifs is 1. The molecule has 90 valence electrons. The molecule has 0 spiro atoms. The average Bonchev–Trinajstić information content (AvgIpc) is 2.67. The van der Waals surface area contributed by atoms with Crippen LogP contribution in [-0.2, 0) is 7.05 Å². The second kappa shape index (κ2) is 4.10. The van der Waals surface area contributed by atoms with E-state index in [-0.39, 0.29) is 5.82 Å². The molecule has 18 heavy (non-hydrogen) atoms. The van der Waals surface area contributed by atoms with E-state index in [0.29, 0.717) is 5.02 Å². The van der Waals surface area contributed by atoms with Crippen molar-refractivity contribution in [1.82, 2.24) is 9.78 Å². The number of aromatic nitrogens is 2. The highest BCUT2D eigenvalue weighted by Crippen LogP contribution is 2.29. The molecule has 3 aromatic rings. The molecule has 0 aliphatic rings. The zero-order valence-electron chi connectivity index (χ0n) is 9.69. The van der Waals surface area contributed by atoms with E-state index in [4.69, 9.17) is 11.6 Å². The highest BCUT2D eigenvalue weighted by molar-refractivity contribution is 6.31. The predicted molar refractivity (Wildman–Crippen MR) is 71.1 cm³/mol. The van der Waals surface area contributed by atoms with E-state index in [1.807, 2.05) is 31.3 Å². The van der Waals surface area contributed by atoms with Gasteiger partial charge in [-0.15, -0.1) is 0 Å². The molecule has 0 N–H and O–H groups in total. The molecule has 3 rings (SSSR count). The summed E-state index contributed by atoms with van der Waals surface area (Å²) < 4.78 is 15.0. The summed E-state index contributed by atoms with van der Waals surface area (Å²) in [7, 11) is 1.85. The van der Waals surface area contributed by atoms with Crippen LogP contribution in [0.25, 0.3) is 22.2 Å². The molecule has 0 amide bonds. The van der Waals surface area contributed by atoms with E-state index < -0.39 is 0 Å². The molecule has 0 aliphatic heterocycles. The van der Waals surface area contributed by atoms with E-state index in [0.717, 1.165) is 22.2 Å². The lowest BCUT2D eigenvalue weighted by Gasteiger charge is -1.98. The number of benzene rings is 2. The monoisotopic (exact) mass is 260 g/mol. The lowest BCUT2D eigenvalue weighted by Crippen LogP contribution is -1.89. The summed E-state index contributed by atoms with van der Waals surface area (Å²) in [6, 6.07) is 12.0. The molecule has 0 atom stereocenters. The fourth-order valence-electron chi connectivity index (χ4n) is 2.08. The Hall–Kier alpha value is -1.87. The fourth-order valence-corrected chi connectivity index (χ4v) is 2.25. The van der Waals surface area contributed by atoms with Crippen LogP contribution in [0.2, 0.25) is 5.02 Å². The van der Waals surface area contributed by atoms with Crippen LogP contribution in [0.5, 0.6) is 0 Å². The Balaban J connectivity index is 2.30. The third-order valence-corrected chi connectivity index (χ3v) is 3.15. The highest BCUT2D eigenvalue weighted by atomic mass is 35.5. The lowest BCUT2D eigenvalue weighted by atomic mass is 10.1. The largest absolute Gasteiger partial charge is 0.267 e. The lowest BCUT2D eigenvalue weighted by molar-refractivity contribution is 0.628. The van der Waals surface area contributed by atoms with Crippen LogP contribution in [0, 0.1) is 5.82 Å². The van der Waals surface area contributed by atoms with Crippen molar-refractivity contribution >= 4 is 22.5 Å². The molecule has 0 radical (unpaired) electrons. The van der Waals surface area contributed by atoms with Crippen LogP contribution >= 0.6 is 11.6 Å². The third-order valence-electron chi connectivity index (χ3n) is 2.91. The maximum atomic E-state index is 13.3. The molecular weight excluding hydrogens is 251 g/mol. The normalized spacial score (nSPS) is 11.1. The molecule has 1 aromatic heterocycles. The van der Waals surface area contributed by atoms with E-state index in [1.165, 1.54) is 12.1 Å². The van der Waals surface area contributed by atoms with Crippen molar-refractivity contribution in [1.29, 1.82) is 0 Å². The maximum Gasteiger partial charge on any atom is 0.123 e. The average molecular weight is 261 g/mol. The number of rotatable bonds is 1. The van der Waals surface area contributed by atoms with Crippen LogP contribution in [0.3, 0.4) is 0 Å². The minimum atomic E-state index is -0.264. The Labute approximate surface area is 109 Å². The van der Waals surface area contributed by atoms with Gasteiger partial charge < -0.3 is 0 Å². The van der Waals surface area contributed by atoms with Gasteiger partial charge in [0.05, 0.1) is 5.52 Å². The molecule has 0 saturated carbocycles. The first-order valence-corrected chi connectivity index (χ1v) is 5.91. The number of aryl methyl sites for hydroxylation is 1. The molecular formula is C14H10ClFN2. The third kappa shape index (κ3) is 1.77. The van der Waals surface area contributed by atoms with Crippen molar-refractivity contribution in [2.75, 3.05) is 0 Å². The van der Waals surface area contributed by atoms with Gasteiger partial charge in [-0.1, -0.05) is 23.7 Å². The smallest absolute Gasteiger partial charge is 0.123 e. The topological polar surface area (TPSA) is 17.8 Å². The van der Waals surface area contributed by atoms with Gasteiger partial charge in [-0.25, -0.2) is 4.39 Å². The van der Waals surface area contributed by atoms with Gasteiger partial charge in [0.1, 0.15) is 11.5 Å². The van der Waals surface area contributed by atoms with Gasteiger partial charge in [-0.2, -0.15) is 5.10 Å². The van der Waals surface area contributed by atoms with Gasteiger partial charge >= 0.3 is 0 Å². The van der Waals surface area contributed by atoms with Crippen molar-refractivity contribution in [3.8, 4) is 11.3 Å². The number of hydrogen-bond acceptors (Lipinski definition) is 1. The summed E-state index contributed by atoms with van der Waals surface area (Å²) in [5.41, 5.74) is 2.47. The molecule has 0 bridgehead atoms. The minimum Gasteiger partial charge on any atom is -0.267 e. The Morgan fingerprint density at radius 2 is 2.00 bits per heavy atom. The second-order valence-corrected chi connectivity index (χ2v) is 4.58. The van der Waals surface area contributed by atoms with Crippen LogP contribution in [0.15, 0.2) is 42.5 Å². The first kappa shape index (κ1) is 11.2. The van der Waals surface area contributed by atoms with Gasteiger partial charge in [0.25, 0.3) is 0 Å². The van der Waals surface area contributed by atoms with Crippen molar-refractivity contribution in [3.05, 3.63) is 53.3 Å². The predicted octanol–water partition coefficient (Wildman–Crippen LogP) is 4.03. The van der Waals surface area contributed by atoms with Crippen LogP contribution in [-0.4, -0.2) is 9.78 Å². The number of nitrogens with zero attached hydrogens (tertiary/aromatic N) is 2. The van der Waals surface area contributed by atoms with Crippen LogP contribution < -0.4 is 0 Å². The van der Waals surface area contributed by atoms with Crippen LogP contribution in [0.4, 0.5) is 4.39 Å². The highest BCUT2D eigenvalue weighted by Gasteiger charge is 2.11. The molecule has 1 heterocycles. The molecule has 0 unspecified atom stereocenters. The summed E-state index contributed by atoms with van der Waals surface area (Å²) >= 11 is 5.97. The maximum absolute atomic E-state index is 13.3. The van der Waals surface area contributed by atoms with Gasteiger partial charge in [0.15, 0.2) is 0 Å². The summed E-state index contributed by atoms with van der Waals surface area (Å²) in [6.07, 6.45) is 0. The Bertz CT molecular complexity index is 734. The van der Waals surface area contributed by atoms with E-state index >= 15 is 0 Å². The Morgan fingerprint density at radius 3 is 2.78 bits per heavy atom. The second-order valence-electron chi connectivity index (χ2n) is 4.14. The summed E-state index contributed by atoms with van der Waals surface area (Å²) in [6.45, 7) is 0. The van der Waals surface area contributed by atoms with Crippen molar-refractivity contribution < 1.29 is 4.39 Å². The molecule has 0 saturated heterocycles. The van der Waals surface area contributed by atoms with Crippen LogP contribution in [0.1, 0.15) is 0 Å². The summed E-state index contributed by atoms with van der Waals surface area (Å²) in [4.78, 5) is 0.